The molecule has 8 nitrogen and oxygen atoms in total. The molecule has 1 atom stereocenters. The molecule has 2 aliphatic rings. The Hall–Kier alpha value is -3.16. The Morgan fingerprint density at radius 3 is 2.77 bits per heavy atom. The average Bonchev–Trinajstić information content (AvgIpc) is 3.39. The summed E-state index contributed by atoms with van der Waals surface area (Å²) < 4.78 is 9.53. The van der Waals surface area contributed by atoms with Gasteiger partial charge in [0.25, 0.3) is 5.91 Å². The maximum Gasteiger partial charge on any atom is 0.312 e. The van der Waals surface area contributed by atoms with Gasteiger partial charge in [0.15, 0.2) is 5.69 Å². The minimum atomic E-state index is -0.488. The lowest BCUT2D eigenvalue weighted by Crippen LogP contribution is -2.45. The minimum Gasteiger partial charge on any atom is -0.460 e. The van der Waals surface area contributed by atoms with Crippen molar-refractivity contribution in [2.75, 3.05) is 13.1 Å². The maximum atomic E-state index is 12.8. The molecule has 0 N–H and O–H groups in total. The van der Waals surface area contributed by atoms with Crippen molar-refractivity contribution in [3.05, 3.63) is 48.0 Å². The molecule has 0 radical (unpaired) electrons. The van der Waals surface area contributed by atoms with Crippen molar-refractivity contribution in [2.24, 2.45) is 12.5 Å². The van der Waals surface area contributed by atoms with Crippen molar-refractivity contribution >= 4 is 22.9 Å². The molecule has 1 amide bonds. The Labute approximate surface area is 174 Å². The van der Waals surface area contributed by atoms with Crippen LogP contribution in [0.1, 0.15) is 35.4 Å². The highest BCUT2D eigenvalue weighted by Crippen LogP contribution is 2.43. The predicted molar refractivity (Wildman–Crippen MR) is 110 cm³/mol. The van der Waals surface area contributed by atoms with Gasteiger partial charge in [0.05, 0.1) is 29.3 Å². The Kier molecular flexibility index (Phi) is 4.38. The number of nitrogens with zero attached hydrogens (tertiary/aromatic N) is 5. The normalized spacial score (nSPS) is 20.8. The van der Waals surface area contributed by atoms with Crippen LogP contribution in [-0.2, 0) is 23.1 Å². The molecule has 0 aliphatic carbocycles. The number of fused-ring (bicyclic) bond motifs is 1. The number of aryl methyl sites for hydroxylation is 2. The molecule has 3 aromatic rings. The van der Waals surface area contributed by atoms with Gasteiger partial charge in [-0.05, 0) is 38.0 Å². The molecular formula is C22H25N5O3. The van der Waals surface area contributed by atoms with E-state index in [0.29, 0.717) is 44.6 Å². The van der Waals surface area contributed by atoms with Gasteiger partial charge in [-0.3, -0.25) is 14.3 Å². The number of imidazole rings is 1. The summed E-state index contributed by atoms with van der Waals surface area (Å²) >= 11 is 0. The number of piperidine rings is 1. The van der Waals surface area contributed by atoms with Crippen LogP contribution < -0.4 is 0 Å². The largest absolute Gasteiger partial charge is 0.460 e. The van der Waals surface area contributed by atoms with E-state index in [1.807, 2.05) is 48.9 Å². The number of hydrogen-bond acceptors (Lipinski definition) is 5. The highest BCUT2D eigenvalue weighted by molar-refractivity contribution is 5.92. The second-order valence-electron chi connectivity index (χ2n) is 8.48. The molecule has 5 rings (SSSR count). The van der Waals surface area contributed by atoms with Crippen molar-refractivity contribution in [2.45, 2.75) is 38.8 Å². The van der Waals surface area contributed by atoms with Gasteiger partial charge in [-0.15, -0.1) is 0 Å². The van der Waals surface area contributed by atoms with Crippen molar-refractivity contribution in [1.82, 2.24) is 24.2 Å². The van der Waals surface area contributed by atoms with E-state index >= 15 is 0 Å². The van der Waals surface area contributed by atoms with E-state index < -0.39 is 5.41 Å². The molecule has 2 saturated heterocycles. The smallest absolute Gasteiger partial charge is 0.312 e. The number of ether oxygens (including phenoxy) is 1. The Morgan fingerprint density at radius 2 is 2.03 bits per heavy atom. The number of rotatable bonds is 3. The first kappa shape index (κ1) is 18.8. The fraction of sp³-hybridized carbons (Fsp3) is 0.455. The zero-order valence-corrected chi connectivity index (χ0v) is 17.2. The maximum absolute atomic E-state index is 12.8. The van der Waals surface area contributed by atoms with Crippen molar-refractivity contribution in [3.63, 3.8) is 0 Å². The third-order valence-electron chi connectivity index (χ3n) is 6.59. The minimum absolute atomic E-state index is 0.0682. The quantitative estimate of drug-likeness (QED) is 0.623. The fourth-order valence-corrected chi connectivity index (χ4v) is 4.69. The number of likely N-dealkylation sites (tertiary alicyclic amines) is 1. The van der Waals surface area contributed by atoms with E-state index in [-0.39, 0.29) is 18.0 Å². The number of hydrogen-bond donors (Lipinski definition) is 0. The summed E-state index contributed by atoms with van der Waals surface area (Å²) in [6.07, 6.45) is 3.58. The number of para-hydroxylation sites is 2. The molecule has 1 aromatic carbocycles. The zero-order valence-electron chi connectivity index (χ0n) is 17.2. The summed E-state index contributed by atoms with van der Waals surface area (Å²) in [6.45, 7) is 3.62. The van der Waals surface area contributed by atoms with E-state index in [9.17, 15) is 9.59 Å². The lowest BCUT2D eigenvalue weighted by Gasteiger charge is -2.36. The Morgan fingerprint density at radius 1 is 1.27 bits per heavy atom. The Balaban J connectivity index is 1.25. The Bertz CT molecular complexity index is 1100. The molecule has 8 heteroatoms. The van der Waals surface area contributed by atoms with Crippen LogP contribution >= 0.6 is 0 Å². The lowest BCUT2D eigenvalue weighted by molar-refractivity contribution is -0.150. The number of aromatic nitrogens is 4. The molecule has 2 aliphatic heterocycles. The van der Waals surface area contributed by atoms with Crippen LogP contribution in [0.25, 0.3) is 11.0 Å². The van der Waals surface area contributed by atoms with Crippen LogP contribution in [-0.4, -0.2) is 55.3 Å². The summed E-state index contributed by atoms with van der Waals surface area (Å²) in [7, 11) is 1.83. The van der Waals surface area contributed by atoms with Gasteiger partial charge >= 0.3 is 5.97 Å². The molecule has 1 unspecified atom stereocenters. The van der Waals surface area contributed by atoms with Crippen molar-refractivity contribution < 1.29 is 14.3 Å². The molecule has 156 valence electrons. The first-order valence-electron chi connectivity index (χ1n) is 10.4. The molecule has 0 bridgehead atoms. The van der Waals surface area contributed by atoms with E-state index in [4.69, 9.17) is 4.74 Å². The van der Waals surface area contributed by atoms with E-state index in [0.717, 1.165) is 16.7 Å². The van der Waals surface area contributed by atoms with Gasteiger partial charge in [-0.1, -0.05) is 12.1 Å². The van der Waals surface area contributed by atoms with Gasteiger partial charge in [-0.25, -0.2) is 4.98 Å². The lowest BCUT2D eigenvalue weighted by atomic mass is 9.76. The van der Waals surface area contributed by atoms with Gasteiger partial charge in [0, 0.05) is 32.3 Å². The average molecular weight is 407 g/mol. The van der Waals surface area contributed by atoms with Crippen molar-refractivity contribution in [3.8, 4) is 0 Å². The number of carbonyl (C=O) groups excluding carboxylic acids is 2. The zero-order chi connectivity index (χ0) is 20.9. The molecule has 30 heavy (non-hydrogen) atoms. The molecule has 0 saturated carbocycles. The van der Waals surface area contributed by atoms with Crippen molar-refractivity contribution in [1.29, 1.82) is 0 Å². The second kappa shape index (κ2) is 6.97. The molecule has 4 heterocycles. The van der Waals surface area contributed by atoms with Crippen LogP contribution in [0.4, 0.5) is 0 Å². The van der Waals surface area contributed by atoms with Gasteiger partial charge in [-0.2, -0.15) is 5.10 Å². The number of amides is 1. The molecular weight excluding hydrogens is 382 g/mol. The fourth-order valence-electron chi connectivity index (χ4n) is 4.69. The van der Waals surface area contributed by atoms with Crippen LogP contribution in [0, 0.1) is 12.3 Å². The summed E-state index contributed by atoms with van der Waals surface area (Å²) in [5.74, 6) is -0.195. The standard InChI is InChI=1S/C22H25N5O3/c1-15-11-18(24-25(15)2)20(28)26-9-7-22(8-10-26)12-16(30-21(22)29)13-27-14-23-17-5-3-4-6-19(17)27/h3-6,11,14,16H,7-10,12-13H2,1-2H3. The third-order valence-corrected chi connectivity index (χ3v) is 6.59. The monoisotopic (exact) mass is 407 g/mol. The SMILES string of the molecule is Cc1cc(C(=O)N2CCC3(CC2)CC(Cn2cnc4ccccc42)OC3=O)nn1C. The topological polar surface area (TPSA) is 82.2 Å². The number of benzene rings is 1. The predicted octanol–water partition coefficient (Wildman–Crippen LogP) is 2.32. The van der Waals surface area contributed by atoms with Gasteiger partial charge in [0.2, 0.25) is 0 Å². The van der Waals surface area contributed by atoms with Crippen LogP contribution in [0.2, 0.25) is 0 Å². The molecule has 2 fully saturated rings. The van der Waals surface area contributed by atoms with Gasteiger partial charge in [0.1, 0.15) is 6.10 Å². The van der Waals surface area contributed by atoms with Crippen LogP contribution in [0.15, 0.2) is 36.7 Å². The highest BCUT2D eigenvalue weighted by atomic mass is 16.6. The van der Waals surface area contributed by atoms with E-state index in [2.05, 4.69) is 10.1 Å². The summed E-state index contributed by atoms with van der Waals surface area (Å²) in [6, 6.07) is 9.76. The number of carbonyl (C=O) groups is 2. The summed E-state index contributed by atoms with van der Waals surface area (Å²) in [5, 5.41) is 4.29. The first-order valence-corrected chi connectivity index (χ1v) is 10.4. The summed E-state index contributed by atoms with van der Waals surface area (Å²) in [5.41, 5.74) is 2.90. The van der Waals surface area contributed by atoms with E-state index in [1.54, 1.807) is 15.9 Å². The van der Waals surface area contributed by atoms with Crippen LogP contribution in [0.3, 0.4) is 0 Å². The summed E-state index contributed by atoms with van der Waals surface area (Å²) in [4.78, 5) is 31.8. The highest BCUT2D eigenvalue weighted by Gasteiger charge is 2.51. The molecule has 1 spiro atoms. The van der Waals surface area contributed by atoms with Crippen LogP contribution in [0.5, 0.6) is 0 Å². The number of cyclic esters (lactones) is 1. The second-order valence-corrected chi connectivity index (χ2v) is 8.48. The first-order chi connectivity index (χ1) is 14.4. The third kappa shape index (κ3) is 3.07. The molecule has 2 aromatic heterocycles. The number of esters is 1. The van der Waals surface area contributed by atoms with E-state index in [1.165, 1.54) is 0 Å². The van der Waals surface area contributed by atoms with Gasteiger partial charge < -0.3 is 14.2 Å².